The summed E-state index contributed by atoms with van der Waals surface area (Å²) in [5.74, 6) is 0. The largest absolute Gasteiger partial charge is 0.383 e. The highest BCUT2D eigenvalue weighted by Crippen LogP contribution is 2.25. The second-order valence-corrected chi connectivity index (χ2v) is 8.30. The fourth-order valence-electron chi connectivity index (χ4n) is 4.24. The first kappa shape index (κ1) is 24.0. The van der Waals surface area contributed by atoms with E-state index in [1.807, 2.05) is 10.6 Å². The SMILES string of the molecule is Br.COC[C@H](Cc1ccc(C)cc1)n1c(=N)n(C(C)c2ccc(C)cc2)c2ncccc21. The maximum absolute atomic E-state index is 9.14. The predicted octanol–water partition coefficient (Wildman–Crippen LogP) is 5.55. The summed E-state index contributed by atoms with van der Waals surface area (Å²) in [6.45, 7) is 6.84. The number of methoxy groups -OCH3 is 1. The van der Waals surface area contributed by atoms with E-state index >= 15 is 0 Å². The van der Waals surface area contributed by atoms with Crippen LogP contribution in [-0.4, -0.2) is 27.8 Å². The molecule has 0 bridgehead atoms. The van der Waals surface area contributed by atoms with Gasteiger partial charge < -0.3 is 9.30 Å². The van der Waals surface area contributed by atoms with Crippen LogP contribution < -0.4 is 5.62 Å². The molecule has 4 aromatic rings. The van der Waals surface area contributed by atoms with Crippen LogP contribution in [0.5, 0.6) is 0 Å². The van der Waals surface area contributed by atoms with Crippen LogP contribution in [0.2, 0.25) is 0 Å². The summed E-state index contributed by atoms with van der Waals surface area (Å²) < 4.78 is 9.70. The first-order valence-corrected chi connectivity index (χ1v) is 10.7. The number of hydrogen-bond acceptors (Lipinski definition) is 3. The quantitative estimate of drug-likeness (QED) is 0.366. The van der Waals surface area contributed by atoms with Gasteiger partial charge in [-0.05, 0) is 50.5 Å². The Labute approximate surface area is 200 Å². The lowest BCUT2D eigenvalue weighted by atomic mass is 10.0. The highest BCUT2D eigenvalue weighted by atomic mass is 79.9. The lowest BCUT2D eigenvalue weighted by Crippen LogP contribution is -2.32. The third-order valence-corrected chi connectivity index (χ3v) is 5.97. The smallest absolute Gasteiger partial charge is 0.205 e. The molecule has 5 nitrogen and oxygen atoms in total. The van der Waals surface area contributed by atoms with Crippen LogP contribution in [-0.2, 0) is 11.2 Å². The van der Waals surface area contributed by atoms with E-state index in [0.29, 0.717) is 12.2 Å². The molecule has 6 heteroatoms. The second-order valence-electron chi connectivity index (χ2n) is 8.30. The first-order valence-electron chi connectivity index (χ1n) is 10.7. The van der Waals surface area contributed by atoms with Crippen molar-refractivity contribution >= 4 is 28.1 Å². The number of aryl methyl sites for hydroxylation is 2. The second kappa shape index (κ2) is 10.3. The van der Waals surface area contributed by atoms with Crippen molar-refractivity contribution in [3.63, 3.8) is 0 Å². The number of nitrogens with one attached hydrogen (secondary N) is 1. The molecule has 2 heterocycles. The lowest BCUT2D eigenvalue weighted by molar-refractivity contribution is 0.154. The van der Waals surface area contributed by atoms with Gasteiger partial charge in [-0.3, -0.25) is 9.98 Å². The normalized spacial score (nSPS) is 13.0. The number of hydrogen-bond donors (Lipinski definition) is 1. The standard InChI is InChI=1S/C26H30N4O.BrH/c1-18-7-11-21(12-8-18)16-23(17-31-4)30-24-6-5-15-28-25(24)29(26(30)27)20(3)22-13-9-19(2)10-14-22;/h5-15,20,23,27H,16-17H2,1-4H3;1H/t20?,23-;/m0./s1. The number of fused-ring (bicyclic) bond motifs is 1. The third kappa shape index (κ3) is 4.71. The van der Waals surface area contributed by atoms with Gasteiger partial charge in [0.1, 0.15) is 0 Å². The molecule has 0 amide bonds. The molecule has 32 heavy (non-hydrogen) atoms. The van der Waals surface area contributed by atoms with Crippen LogP contribution in [0.3, 0.4) is 0 Å². The molecule has 1 N–H and O–H groups in total. The van der Waals surface area contributed by atoms with Gasteiger partial charge in [0.2, 0.25) is 5.62 Å². The average Bonchev–Trinajstić information content (AvgIpc) is 3.06. The van der Waals surface area contributed by atoms with Crippen molar-refractivity contribution in [3.05, 3.63) is 94.7 Å². The summed E-state index contributed by atoms with van der Waals surface area (Å²) >= 11 is 0. The number of halogens is 1. The van der Waals surface area contributed by atoms with E-state index in [1.165, 1.54) is 16.7 Å². The van der Waals surface area contributed by atoms with E-state index < -0.39 is 0 Å². The van der Waals surface area contributed by atoms with Crippen LogP contribution in [0, 0.1) is 19.3 Å². The van der Waals surface area contributed by atoms with Gasteiger partial charge in [0.25, 0.3) is 0 Å². The minimum Gasteiger partial charge on any atom is -0.383 e. The molecular formula is C26H31BrN4O. The van der Waals surface area contributed by atoms with Crippen LogP contribution in [0.4, 0.5) is 0 Å². The van der Waals surface area contributed by atoms with Crippen LogP contribution in [0.25, 0.3) is 11.2 Å². The molecule has 2 aromatic heterocycles. The molecule has 0 spiro atoms. The maximum atomic E-state index is 9.14. The zero-order valence-corrected chi connectivity index (χ0v) is 20.8. The number of rotatable bonds is 7. The van der Waals surface area contributed by atoms with Crippen LogP contribution in [0.1, 0.15) is 41.3 Å². The number of benzene rings is 2. The van der Waals surface area contributed by atoms with E-state index in [9.17, 15) is 0 Å². The topological polar surface area (TPSA) is 55.8 Å². The van der Waals surface area contributed by atoms with E-state index in [0.717, 1.165) is 23.1 Å². The van der Waals surface area contributed by atoms with Gasteiger partial charge in [-0.2, -0.15) is 0 Å². The predicted molar refractivity (Wildman–Crippen MR) is 135 cm³/mol. The van der Waals surface area contributed by atoms with E-state index in [2.05, 4.69) is 84.9 Å². The Balaban J connectivity index is 0.00000289. The fraction of sp³-hybridized carbons (Fsp3) is 0.308. The van der Waals surface area contributed by atoms with Gasteiger partial charge in [-0.25, -0.2) is 4.98 Å². The number of aromatic nitrogens is 3. The summed E-state index contributed by atoms with van der Waals surface area (Å²) in [7, 11) is 1.72. The molecule has 0 radical (unpaired) electrons. The monoisotopic (exact) mass is 494 g/mol. The number of nitrogens with zero attached hydrogens (tertiary/aromatic N) is 3. The molecule has 1 unspecified atom stereocenters. The Kier molecular flexibility index (Phi) is 7.69. The minimum atomic E-state index is -0.00526. The summed E-state index contributed by atoms with van der Waals surface area (Å²) in [6.07, 6.45) is 2.59. The van der Waals surface area contributed by atoms with Crippen molar-refractivity contribution in [2.24, 2.45) is 0 Å². The Bertz CT molecular complexity index is 1230. The summed E-state index contributed by atoms with van der Waals surface area (Å²) in [4.78, 5) is 4.67. The molecule has 0 saturated heterocycles. The van der Waals surface area contributed by atoms with Crippen molar-refractivity contribution in [1.29, 1.82) is 5.41 Å². The van der Waals surface area contributed by atoms with Crippen molar-refractivity contribution in [2.45, 2.75) is 39.3 Å². The van der Waals surface area contributed by atoms with Gasteiger partial charge in [-0.1, -0.05) is 59.7 Å². The third-order valence-electron chi connectivity index (χ3n) is 5.97. The fourth-order valence-corrected chi connectivity index (χ4v) is 4.24. The van der Waals surface area contributed by atoms with Crippen molar-refractivity contribution < 1.29 is 4.74 Å². The number of pyridine rings is 1. The minimum absolute atomic E-state index is 0. The van der Waals surface area contributed by atoms with Gasteiger partial charge >= 0.3 is 0 Å². The summed E-state index contributed by atoms with van der Waals surface area (Å²) in [5.41, 5.74) is 7.09. The molecule has 0 aliphatic carbocycles. The van der Waals surface area contributed by atoms with Crippen molar-refractivity contribution in [2.75, 3.05) is 13.7 Å². The molecule has 4 rings (SSSR count). The molecule has 168 valence electrons. The highest BCUT2D eigenvalue weighted by Gasteiger charge is 2.23. The van der Waals surface area contributed by atoms with Gasteiger partial charge in [0, 0.05) is 13.3 Å². The molecule has 0 fully saturated rings. The summed E-state index contributed by atoms with van der Waals surface area (Å²) in [5, 5.41) is 9.14. The van der Waals surface area contributed by atoms with E-state index in [4.69, 9.17) is 10.1 Å². The Morgan fingerprint density at radius 1 is 0.938 bits per heavy atom. The molecule has 0 saturated carbocycles. The first-order chi connectivity index (χ1) is 15.0. The zero-order chi connectivity index (χ0) is 22.0. The average molecular weight is 495 g/mol. The maximum Gasteiger partial charge on any atom is 0.205 e. The Morgan fingerprint density at radius 3 is 2.19 bits per heavy atom. The van der Waals surface area contributed by atoms with Crippen LogP contribution >= 0.6 is 17.0 Å². The van der Waals surface area contributed by atoms with Crippen LogP contribution in [0.15, 0.2) is 66.9 Å². The molecule has 2 aromatic carbocycles. The number of ether oxygens (including phenoxy) is 1. The Hall–Kier alpha value is -2.70. The van der Waals surface area contributed by atoms with E-state index in [-0.39, 0.29) is 29.1 Å². The molecular weight excluding hydrogens is 464 g/mol. The van der Waals surface area contributed by atoms with Crippen molar-refractivity contribution in [3.8, 4) is 0 Å². The van der Waals surface area contributed by atoms with Gasteiger partial charge in [-0.15, -0.1) is 17.0 Å². The molecule has 2 atom stereocenters. The Morgan fingerprint density at radius 2 is 1.56 bits per heavy atom. The lowest BCUT2D eigenvalue weighted by Gasteiger charge is -2.20. The molecule has 0 aliphatic rings. The molecule has 0 aliphatic heterocycles. The zero-order valence-electron chi connectivity index (χ0n) is 19.1. The van der Waals surface area contributed by atoms with E-state index in [1.54, 1.807) is 13.3 Å². The van der Waals surface area contributed by atoms with Crippen molar-refractivity contribution in [1.82, 2.24) is 14.1 Å². The highest BCUT2D eigenvalue weighted by molar-refractivity contribution is 8.93. The number of imidazole rings is 1. The van der Waals surface area contributed by atoms with Gasteiger partial charge in [0.05, 0.1) is 24.2 Å². The summed E-state index contributed by atoms with van der Waals surface area (Å²) in [6, 6.07) is 21.1. The van der Waals surface area contributed by atoms with Gasteiger partial charge in [0.15, 0.2) is 5.65 Å².